The third-order valence-electron chi connectivity index (χ3n) is 2.29. The first-order chi connectivity index (χ1) is 9.22. The predicted molar refractivity (Wildman–Crippen MR) is 99.2 cm³/mol. The van der Waals surface area contributed by atoms with Crippen molar-refractivity contribution < 1.29 is 49.0 Å². The van der Waals surface area contributed by atoms with Crippen LogP contribution < -0.4 is 40.2 Å². The molecule has 21 heavy (non-hydrogen) atoms. The number of carbonyl (C=O) groups excluding carboxylic acids is 2. The number of benzene rings is 1. The van der Waals surface area contributed by atoms with E-state index in [0.29, 0.717) is 16.4 Å². The molecule has 0 fully saturated rings. The van der Waals surface area contributed by atoms with Gasteiger partial charge in [0.2, 0.25) is 5.91 Å². The molecule has 3 N–H and O–H groups in total. The summed E-state index contributed by atoms with van der Waals surface area (Å²) in [5, 5.41) is 14.4. The third-order valence-corrected chi connectivity index (χ3v) is 5.52. The molecule has 0 heterocycles. The molecule has 0 aliphatic carbocycles. The number of amides is 2. The Hall–Kier alpha value is 0.820. The molecule has 0 radical (unpaired) electrons. The molecule has 0 aliphatic heterocycles. The summed E-state index contributed by atoms with van der Waals surface area (Å²) in [6.45, 7) is 1.32. The van der Waals surface area contributed by atoms with E-state index < -0.39 is 11.9 Å². The average molecular weight is 631 g/mol. The quantitative estimate of drug-likeness (QED) is 0.311. The number of nitrogens with one attached hydrogen (secondary N) is 2. The van der Waals surface area contributed by atoms with Crippen LogP contribution in [0.2, 0.25) is 0 Å². The SMILES string of the molecule is CNC(=O)c1c([125I])c(NC(C)=O)c([125I])c(C(=O)O)c1[125I].[Na+]. The Morgan fingerprint density at radius 2 is 1.48 bits per heavy atom. The second-order valence-electron chi connectivity index (χ2n) is 3.63. The molecule has 1 rings (SSSR count). The molecule has 0 aromatic heterocycles. The fraction of sp³-hybridized carbons (Fsp3) is 0.182. The molecule has 0 bridgehead atoms. The Labute approximate surface area is 184 Å². The molecule has 1 aromatic rings. The number of carboxylic acids is 1. The molecular formula is C11H9I3N2NaO4+. The van der Waals surface area contributed by atoms with Crippen LogP contribution in [0.1, 0.15) is 27.6 Å². The van der Waals surface area contributed by atoms with Crippen LogP contribution in [-0.2, 0) is 4.79 Å². The number of anilines is 1. The van der Waals surface area contributed by atoms with E-state index in [1.807, 2.05) is 67.8 Å². The van der Waals surface area contributed by atoms with Crippen molar-refractivity contribution in [2.45, 2.75) is 6.92 Å². The summed E-state index contributed by atoms with van der Waals surface area (Å²) in [5.41, 5.74) is 0.597. The Kier molecular flexibility index (Phi) is 9.56. The van der Waals surface area contributed by atoms with Crippen LogP contribution in [0.3, 0.4) is 0 Å². The molecule has 6 nitrogen and oxygen atoms in total. The Bertz CT molecular complexity index is 622. The van der Waals surface area contributed by atoms with Crippen molar-refractivity contribution in [1.29, 1.82) is 0 Å². The molecule has 10 heteroatoms. The standard InChI is InChI=1S/C11H9I3N2O4.Na/c1-3(17)16-9-7(13)4(10(18)15-2)6(12)5(8(9)14)11(19)20;/h1-2H3,(H,15,18)(H,16,17)(H,19,20);/q;+1/i12-2,13-2,14-2;. The minimum Gasteiger partial charge on any atom is -0.478 e. The minimum absolute atomic E-state index is 0. The van der Waals surface area contributed by atoms with E-state index in [-0.39, 0.29) is 46.6 Å². The first-order valence-electron chi connectivity index (χ1n) is 5.15. The Balaban J connectivity index is 0.00000400. The summed E-state index contributed by atoms with van der Waals surface area (Å²) in [6, 6.07) is 0. The van der Waals surface area contributed by atoms with E-state index in [9.17, 15) is 19.5 Å². The van der Waals surface area contributed by atoms with Gasteiger partial charge in [0.15, 0.2) is 0 Å². The van der Waals surface area contributed by atoms with Gasteiger partial charge >= 0.3 is 35.5 Å². The van der Waals surface area contributed by atoms with E-state index in [4.69, 9.17) is 0 Å². The van der Waals surface area contributed by atoms with Crippen molar-refractivity contribution in [2.24, 2.45) is 0 Å². The van der Waals surface area contributed by atoms with Crippen molar-refractivity contribution >= 4 is 91.2 Å². The normalized spacial score (nSPS) is 9.57. The summed E-state index contributed by atoms with van der Waals surface area (Å²) in [4.78, 5) is 34.6. The van der Waals surface area contributed by atoms with Gasteiger partial charge in [0.1, 0.15) is 0 Å². The molecule has 0 saturated carbocycles. The summed E-state index contributed by atoms with van der Waals surface area (Å²) in [7, 11) is 1.46. The Morgan fingerprint density at radius 3 is 1.86 bits per heavy atom. The zero-order valence-electron chi connectivity index (χ0n) is 11.3. The molecular weight excluding hydrogens is 622 g/mol. The van der Waals surface area contributed by atoms with E-state index in [0.717, 1.165) is 0 Å². The van der Waals surface area contributed by atoms with E-state index in [1.165, 1.54) is 14.0 Å². The fourth-order valence-electron chi connectivity index (χ4n) is 1.46. The number of hydrogen-bond acceptors (Lipinski definition) is 3. The van der Waals surface area contributed by atoms with Crippen LogP contribution in [0.5, 0.6) is 0 Å². The van der Waals surface area contributed by atoms with E-state index in [1.54, 1.807) is 0 Å². The van der Waals surface area contributed by atoms with Crippen LogP contribution in [0.4, 0.5) is 5.69 Å². The van der Waals surface area contributed by atoms with Crippen molar-refractivity contribution in [3.63, 3.8) is 0 Å². The summed E-state index contributed by atoms with van der Waals surface area (Å²) < 4.78 is 1.25. The second kappa shape index (κ2) is 9.20. The van der Waals surface area contributed by atoms with Crippen LogP contribution in [0.25, 0.3) is 0 Å². The molecule has 0 aliphatic rings. The Morgan fingerprint density at radius 1 is 1.00 bits per heavy atom. The minimum atomic E-state index is -1.15. The van der Waals surface area contributed by atoms with Gasteiger partial charge in [-0.15, -0.1) is 0 Å². The molecule has 108 valence electrons. The number of carboxylic acid groups (broad SMARTS) is 1. The first-order valence-corrected chi connectivity index (χ1v) is 8.39. The maximum Gasteiger partial charge on any atom is 1.00 e. The zero-order valence-corrected chi connectivity index (χ0v) is 19.8. The van der Waals surface area contributed by atoms with Gasteiger partial charge in [0, 0.05) is 17.5 Å². The van der Waals surface area contributed by atoms with Crippen molar-refractivity contribution in [3.05, 3.63) is 21.8 Å². The van der Waals surface area contributed by atoms with E-state index in [2.05, 4.69) is 10.6 Å². The van der Waals surface area contributed by atoms with Crippen molar-refractivity contribution in [3.8, 4) is 0 Å². The summed E-state index contributed by atoms with van der Waals surface area (Å²) in [6.07, 6.45) is 0. The first kappa shape index (κ1) is 21.8. The second-order valence-corrected chi connectivity index (χ2v) is 6.87. The largest absolute Gasteiger partial charge is 1.00 e. The average Bonchev–Trinajstić information content (AvgIpc) is 2.33. The maximum atomic E-state index is 12.0. The molecule has 0 saturated heterocycles. The van der Waals surface area contributed by atoms with Gasteiger partial charge in [-0.1, -0.05) is 0 Å². The van der Waals surface area contributed by atoms with E-state index >= 15 is 0 Å². The maximum absolute atomic E-state index is 12.0. The van der Waals surface area contributed by atoms with Gasteiger partial charge in [0.25, 0.3) is 5.91 Å². The van der Waals surface area contributed by atoms with Gasteiger partial charge in [0.05, 0.1) is 24.0 Å². The topological polar surface area (TPSA) is 95.5 Å². The number of carbonyl (C=O) groups is 3. The summed E-state index contributed by atoms with van der Waals surface area (Å²) in [5.74, 6) is -1.88. The molecule has 2 amide bonds. The molecule has 0 unspecified atom stereocenters. The smallest absolute Gasteiger partial charge is 0.478 e. The predicted octanol–water partition coefficient (Wildman–Crippen LogP) is -0.479. The van der Waals surface area contributed by atoms with Crippen molar-refractivity contribution in [2.75, 3.05) is 12.4 Å². The number of hydrogen-bond donors (Lipinski definition) is 3. The van der Waals surface area contributed by atoms with Gasteiger partial charge in [-0.05, 0) is 67.8 Å². The number of halogens is 3. The monoisotopic (exact) mass is 631 g/mol. The number of aromatic carboxylic acids is 1. The summed E-state index contributed by atoms with van der Waals surface area (Å²) >= 11 is 5.61. The van der Waals surface area contributed by atoms with Crippen LogP contribution >= 0.6 is 67.8 Å². The van der Waals surface area contributed by atoms with Crippen LogP contribution in [-0.4, -0.2) is 29.9 Å². The molecule has 0 spiro atoms. The van der Waals surface area contributed by atoms with Crippen LogP contribution in [0.15, 0.2) is 0 Å². The molecule has 0 atom stereocenters. The third kappa shape index (κ3) is 4.89. The van der Waals surface area contributed by atoms with Crippen molar-refractivity contribution in [1.82, 2.24) is 5.32 Å². The zero-order chi connectivity index (χ0) is 15.6. The molecule has 1 aromatic carbocycles. The van der Waals surface area contributed by atoms with Crippen LogP contribution in [0, 0.1) is 10.7 Å². The van der Waals surface area contributed by atoms with Gasteiger partial charge in [-0.2, -0.15) is 0 Å². The fourth-order valence-corrected chi connectivity index (χ4v) is 5.85. The van der Waals surface area contributed by atoms with Gasteiger partial charge in [-0.3, -0.25) is 9.59 Å². The number of rotatable bonds is 3. The van der Waals surface area contributed by atoms with Gasteiger partial charge in [-0.25, -0.2) is 4.79 Å². The van der Waals surface area contributed by atoms with Gasteiger partial charge < -0.3 is 15.7 Å².